The topological polar surface area (TPSA) is 98.7 Å². The van der Waals surface area contributed by atoms with Crippen LogP contribution in [0.1, 0.15) is 30.0 Å². The van der Waals surface area contributed by atoms with E-state index in [2.05, 4.69) is 10.6 Å². The third-order valence-corrected chi connectivity index (χ3v) is 3.34. The minimum atomic E-state index is -0.882. The summed E-state index contributed by atoms with van der Waals surface area (Å²) >= 11 is 0. The zero-order valence-electron chi connectivity index (χ0n) is 11.0. The Labute approximate surface area is 116 Å². The predicted molar refractivity (Wildman–Crippen MR) is 72.3 cm³/mol. The monoisotopic (exact) mass is 278 g/mol. The molecule has 6 nitrogen and oxygen atoms in total. The zero-order chi connectivity index (χ0) is 14.5. The van der Waals surface area contributed by atoms with Crippen molar-refractivity contribution in [3.05, 3.63) is 35.4 Å². The fourth-order valence-corrected chi connectivity index (χ4v) is 2.38. The Kier molecular flexibility index (Phi) is 4.57. The lowest BCUT2D eigenvalue weighted by Gasteiger charge is -2.18. The molecular formula is C14H18N2O4. The maximum atomic E-state index is 11.7. The van der Waals surface area contributed by atoms with Crippen LogP contribution in [0.25, 0.3) is 0 Å². The summed E-state index contributed by atoms with van der Waals surface area (Å²) in [6.45, 7) is 0.294. The maximum absolute atomic E-state index is 11.7. The molecule has 0 aliphatic heterocycles. The number of aliphatic hydroxyl groups excluding tert-OH is 1. The number of aliphatic carboxylic acids is 1. The number of carbonyl (C=O) groups excluding carboxylic acids is 1. The normalized spacial score (nSPS) is 20.2. The van der Waals surface area contributed by atoms with Gasteiger partial charge in [-0.1, -0.05) is 24.3 Å². The van der Waals surface area contributed by atoms with Crippen LogP contribution in [0, 0.1) is 0 Å². The lowest BCUT2D eigenvalue weighted by atomic mass is 10.1. The van der Waals surface area contributed by atoms with Crippen molar-refractivity contribution >= 4 is 12.0 Å². The molecule has 0 bridgehead atoms. The zero-order valence-corrected chi connectivity index (χ0v) is 11.0. The highest BCUT2D eigenvalue weighted by molar-refractivity contribution is 5.75. The quantitative estimate of drug-likeness (QED) is 0.599. The van der Waals surface area contributed by atoms with E-state index in [-0.39, 0.29) is 6.42 Å². The molecule has 0 fully saturated rings. The first-order valence-corrected chi connectivity index (χ1v) is 6.60. The van der Waals surface area contributed by atoms with E-state index < -0.39 is 24.1 Å². The third-order valence-electron chi connectivity index (χ3n) is 3.34. The molecule has 0 aromatic heterocycles. The minimum Gasteiger partial charge on any atom is -0.481 e. The van der Waals surface area contributed by atoms with E-state index in [4.69, 9.17) is 5.11 Å². The molecule has 2 rings (SSSR count). The number of carbonyl (C=O) groups is 2. The summed E-state index contributed by atoms with van der Waals surface area (Å²) in [6.07, 6.45) is 0.305. The molecule has 0 saturated carbocycles. The van der Waals surface area contributed by atoms with Gasteiger partial charge >= 0.3 is 12.0 Å². The summed E-state index contributed by atoms with van der Waals surface area (Å²) in [5.74, 6) is -0.882. The van der Waals surface area contributed by atoms with Crippen LogP contribution in [0.4, 0.5) is 4.79 Å². The summed E-state index contributed by atoms with van der Waals surface area (Å²) < 4.78 is 0. The molecule has 2 atom stereocenters. The fourth-order valence-electron chi connectivity index (χ4n) is 2.38. The van der Waals surface area contributed by atoms with Gasteiger partial charge in [-0.15, -0.1) is 0 Å². The van der Waals surface area contributed by atoms with Gasteiger partial charge < -0.3 is 20.8 Å². The molecule has 4 N–H and O–H groups in total. The molecule has 6 heteroatoms. The van der Waals surface area contributed by atoms with Crippen molar-refractivity contribution in [2.45, 2.75) is 31.4 Å². The van der Waals surface area contributed by atoms with E-state index in [0.717, 1.165) is 11.1 Å². The summed E-state index contributed by atoms with van der Waals surface area (Å²) in [4.78, 5) is 22.1. The van der Waals surface area contributed by atoms with Crippen LogP contribution in [-0.2, 0) is 11.2 Å². The summed E-state index contributed by atoms with van der Waals surface area (Å²) in [5, 5.41) is 23.8. The molecule has 108 valence electrons. The summed E-state index contributed by atoms with van der Waals surface area (Å²) in [7, 11) is 0. The number of hydrogen-bond acceptors (Lipinski definition) is 3. The van der Waals surface area contributed by atoms with Crippen LogP contribution in [0.5, 0.6) is 0 Å². The molecular weight excluding hydrogens is 260 g/mol. The van der Waals surface area contributed by atoms with E-state index in [0.29, 0.717) is 19.4 Å². The molecule has 1 aliphatic carbocycles. The van der Waals surface area contributed by atoms with Gasteiger partial charge in [-0.25, -0.2) is 4.79 Å². The number of hydrogen-bond donors (Lipinski definition) is 4. The van der Waals surface area contributed by atoms with E-state index >= 15 is 0 Å². The predicted octanol–water partition coefficient (Wildman–Crippen LogP) is 0.809. The third kappa shape index (κ3) is 3.48. The highest BCUT2D eigenvalue weighted by Crippen LogP contribution is 2.30. The summed E-state index contributed by atoms with van der Waals surface area (Å²) in [5.41, 5.74) is 1.97. The smallest absolute Gasteiger partial charge is 0.315 e. The van der Waals surface area contributed by atoms with Gasteiger partial charge in [-0.3, -0.25) is 4.79 Å². The average Bonchev–Trinajstić information content (AvgIpc) is 2.71. The van der Waals surface area contributed by atoms with Gasteiger partial charge in [-0.2, -0.15) is 0 Å². The van der Waals surface area contributed by atoms with Crippen LogP contribution < -0.4 is 10.6 Å². The Hall–Kier alpha value is -2.08. The van der Waals surface area contributed by atoms with Crippen LogP contribution in [0.2, 0.25) is 0 Å². The fraction of sp³-hybridized carbons (Fsp3) is 0.429. The van der Waals surface area contributed by atoms with Gasteiger partial charge in [0.25, 0.3) is 0 Å². The molecule has 0 unspecified atom stereocenters. The van der Waals surface area contributed by atoms with E-state index in [9.17, 15) is 14.7 Å². The molecule has 0 spiro atoms. The molecule has 0 heterocycles. The van der Waals surface area contributed by atoms with Gasteiger partial charge in [0.15, 0.2) is 0 Å². The molecule has 0 saturated heterocycles. The average molecular weight is 278 g/mol. The van der Waals surface area contributed by atoms with Gasteiger partial charge in [-0.05, 0) is 17.5 Å². The van der Waals surface area contributed by atoms with Crippen LogP contribution in [0.3, 0.4) is 0 Å². The number of urea groups is 1. The highest BCUT2D eigenvalue weighted by Gasteiger charge is 2.31. The van der Waals surface area contributed by atoms with Crippen molar-refractivity contribution < 1.29 is 19.8 Å². The number of benzene rings is 1. The summed E-state index contributed by atoms with van der Waals surface area (Å²) in [6, 6.07) is 6.80. The number of aliphatic hydroxyl groups is 1. The van der Waals surface area contributed by atoms with Crippen LogP contribution in [0.15, 0.2) is 24.3 Å². The number of carboxylic acids is 1. The second-order valence-electron chi connectivity index (χ2n) is 4.85. The van der Waals surface area contributed by atoms with Crippen molar-refractivity contribution in [2.24, 2.45) is 0 Å². The Bertz CT molecular complexity index is 504. The first kappa shape index (κ1) is 14.3. The second-order valence-corrected chi connectivity index (χ2v) is 4.85. The van der Waals surface area contributed by atoms with E-state index in [1.165, 1.54) is 0 Å². The first-order chi connectivity index (χ1) is 9.58. The second kappa shape index (κ2) is 6.38. The van der Waals surface area contributed by atoms with E-state index in [1.54, 1.807) is 0 Å². The van der Waals surface area contributed by atoms with Gasteiger partial charge in [0.2, 0.25) is 0 Å². The van der Waals surface area contributed by atoms with Gasteiger partial charge in [0.1, 0.15) is 0 Å². The van der Waals surface area contributed by atoms with Crippen LogP contribution in [-0.4, -0.2) is 34.9 Å². The first-order valence-electron chi connectivity index (χ1n) is 6.60. The molecule has 2 amide bonds. The van der Waals surface area contributed by atoms with Crippen molar-refractivity contribution in [2.75, 3.05) is 6.54 Å². The van der Waals surface area contributed by atoms with Crippen molar-refractivity contribution in [1.82, 2.24) is 10.6 Å². The lowest BCUT2D eigenvalue weighted by Crippen LogP contribution is -2.41. The molecule has 1 aromatic rings. The largest absolute Gasteiger partial charge is 0.481 e. The number of rotatable bonds is 5. The van der Waals surface area contributed by atoms with Crippen LogP contribution >= 0.6 is 0 Å². The Morgan fingerprint density at radius 1 is 1.30 bits per heavy atom. The maximum Gasteiger partial charge on any atom is 0.315 e. The van der Waals surface area contributed by atoms with Crippen molar-refractivity contribution in [3.63, 3.8) is 0 Å². The molecule has 1 aliphatic rings. The van der Waals surface area contributed by atoms with Gasteiger partial charge in [0.05, 0.1) is 12.1 Å². The number of fused-ring (bicyclic) bond motifs is 1. The van der Waals surface area contributed by atoms with Gasteiger partial charge in [0, 0.05) is 19.4 Å². The van der Waals surface area contributed by atoms with Crippen molar-refractivity contribution in [3.8, 4) is 0 Å². The highest BCUT2D eigenvalue weighted by atomic mass is 16.4. The lowest BCUT2D eigenvalue weighted by molar-refractivity contribution is -0.137. The number of nitrogens with one attached hydrogen (secondary N) is 2. The molecule has 1 aromatic carbocycles. The number of amides is 2. The molecule has 0 radical (unpaired) electrons. The standard InChI is InChI=1S/C14H18N2O4/c17-11-8-9-4-1-2-5-10(9)13(11)16-14(20)15-7-3-6-12(18)19/h1-2,4-5,11,13,17H,3,6-8H2,(H,18,19)(H2,15,16,20)/t11-,13+/m1/s1. The van der Waals surface area contributed by atoms with E-state index in [1.807, 2.05) is 24.3 Å². The minimum absolute atomic E-state index is 0.0230. The SMILES string of the molecule is O=C(O)CCCNC(=O)N[C@H]1c2ccccc2C[C@H]1O. The Morgan fingerprint density at radius 2 is 2.05 bits per heavy atom. The van der Waals surface area contributed by atoms with Crippen molar-refractivity contribution in [1.29, 1.82) is 0 Å². The Balaban J connectivity index is 1.84. The Morgan fingerprint density at radius 3 is 2.80 bits per heavy atom. The number of carboxylic acid groups (broad SMARTS) is 1. The molecule has 20 heavy (non-hydrogen) atoms.